The van der Waals surface area contributed by atoms with Gasteiger partial charge in [0.05, 0.1) is 5.04 Å². The van der Waals surface area contributed by atoms with Gasteiger partial charge in [-0.25, -0.2) is 4.98 Å². The highest BCUT2D eigenvalue weighted by Gasteiger charge is 2.49. The van der Waals surface area contributed by atoms with Crippen LogP contribution >= 0.6 is 11.8 Å². The van der Waals surface area contributed by atoms with Gasteiger partial charge < -0.3 is 14.7 Å². The maximum absolute atomic E-state index is 14.0. The normalized spacial score (nSPS) is 14.6. The van der Waals surface area contributed by atoms with E-state index in [0.29, 0.717) is 25.2 Å². The highest BCUT2D eigenvalue weighted by molar-refractivity contribution is 8.14. The monoisotopic (exact) mass is 530 g/mol. The van der Waals surface area contributed by atoms with E-state index in [-0.39, 0.29) is 19.0 Å². The molecule has 1 N–H and O–H groups in total. The van der Waals surface area contributed by atoms with Gasteiger partial charge in [0.15, 0.2) is 5.41 Å². The number of imidazole rings is 1. The summed E-state index contributed by atoms with van der Waals surface area (Å²) >= 11 is 1.60. The Hall–Kier alpha value is -3.19. The molecule has 0 amide bonds. The maximum atomic E-state index is 14.0. The Morgan fingerprint density at radius 3 is 2.42 bits per heavy atom. The summed E-state index contributed by atoms with van der Waals surface area (Å²) in [5.41, 5.74) is 1.24. The van der Waals surface area contributed by atoms with E-state index in [1.54, 1.807) is 18.0 Å². The number of nitrogens with one attached hydrogen (secondary N) is 1. The lowest BCUT2D eigenvalue weighted by atomic mass is 9.77. The van der Waals surface area contributed by atoms with Gasteiger partial charge in [-0.05, 0) is 17.5 Å². The van der Waals surface area contributed by atoms with Crippen molar-refractivity contribution in [2.45, 2.75) is 65.0 Å². The molecule has 0 aliphatic carbocycles. The van der Waals surface area contributed by atoms with Gasteiger partial charge in [-0.15, -0.1) is 11.8 Å². The van der Waals surface area contributed by atoms with E-state index in [1.807, 2.05) is 54.7 Å². The number of thioether (sulfide) groups is 1. The molecule has 0 fully saturated rings. The molecule has 3 aromatic rings. The molecule has 0 saturated heterocycles. The van der Waals surface area contributed by atoms with Crippen molar-refractivity contribution in [1.82, 2.24) is 9.55 Å². The minimum absolute atomic E-state index is 0.186. The van der Waals surface area contributed by atoms with Crippen molar-refractivity contribution in [1.29, 1.82) is 5.41 Å². The summed E-state index contributed by atoms with van der Waals surface area (Å²) in [7, 11) is 0. The first-order chi connectivity index (χ1) is 18.6. The Balaban J connectivity index is 1.60. The van der Waals surface area contributed by atoms with Gasteiger partial charge in [0.25, 0.3) is 0 Å². The van der Waals surface area contributed by atoms with Crippen molar-refractivity contribution < 1.29 is 9.53 Å². The Morgan fingerprint density at radius 1 is 1.03 bits per heavy atom. The van der Waals surface area contributed by atoms with Crippen LogP contribution in [0.1, 0.15) is 62.4 Å². The van der Waals surface area contributed by atoms with Gasteiger partial charge in [0.1, 0.15) is 12.4 Å². The lowest BCUT2D eigenvalue weighted by molar-refractivity contribution is -0.150. The van der Waals surface area contributed by atoms with Crippen molar-refractivity contribution >= 4 is 28.5 Å². The molecule has 1 aliphatic heterocycles. The van der Waals surface area contributed by atoms with E-state index in [9.17, 15) is 10.2 Å². The number of unbranched alkanes of at least 4 members (excludes halogenated alkanes) is 4. The number of nitrogens with zero attached hydrogens (tertiary/aromatic N) is 3. The predicted molar refractivity (Wildman–Crippen MR) is 156 cm³/mol. The number of carbonyl (C=O) groups excluding carboxylic acids is 1. The standard InChI is InChI=1S/C31H38N4O2S/c1-2-3-4-5-12-17-31(29-34-19-21-38-29,30(36)37-24-26-15-10-7-11-16-26)27(32)22-28-33-18-20-35(28)23-25-13-8-6-9-14-25/h6-11,13-16,18,20,32H,2-5,12,17,19,21-24H2,1H3. The number of esters is 1. The highest BCUT2D eigenvalue weighted by atomic mass is 32.2. The largest absolute Gasteiger partial charge is 0.460 e. The van der Waals surface area contributed by atoms with Crippen molar-refractivity contribution in [2.24, 2.45) is 10.4 Å². The lowest BCUT2D eigenvalue weighted by Gasteiger charge is -2.32. The molecule has 1 unspecified atom stereocenters. The molecule has 1 aliphatic rings. The molecule has 2 heterocycles. The van der Waals surface area contributed by atoms with Gasteiger partial charge in [0.2, 0.25) is 0 Å². The molecular formula is C31H38N4O2S. The summed E-state index contributed by atoms with van der Waals surface area (Å²) in [4.78, 5) is 23.3. The molecule has 0 bridgehead atoms. The molecular weight excluding hydrogens is 492 g/mol. The Labute approximate surface area is 230 Å². The summed E-state index contributed by atoms with van der Waals surface area (Å²) in [5.74, 6) is 1.24. The summed E-state index contributed by atoms with van der Waals surface area (Å²) < 4.78 is 8.01. The zero-order valence-electron chi connectivity index (χ0n) is 22.3. The fourth-order valence-electron chi connectivity index (χ4n) is 4.87. The third kappa shape index (κ3) is 7.01. The zero-order valence-corrected chi connectivity index (χ0v) is 23.1. The van der Waals surface area contributed by atoms with E-state index in [1.165, 1.54) is 12.0 Å². The molecule has 200 valence electrons. The van der Waals surface area contributed by atoms with Crippen LogP contribution in [0.2, 0.25) is 0 Å². The second-order valence-electron chi connectivity index (χ2n) is 9.78. The molecule has 0 radical (unpaired) electrons. The molecule has 1 atom stereocenters. The van der Waals surface area contributed by atoms with E-state index >= 15 is 0 Å². The first-order valence-corrected chi connectivity index (χ1v) is 14.6. The molecule has 6 nitrogen and oxygen atoms in total. The lowest BCUT2D eigenvalue weighted by Crippen LogP contribution is -2.47. The third-order valence-electron chi connectivity index (χ3n) is 7.01. The average Bonchev–Trinajstić information content (AvgIpc) is 3.64. The van der Waals surface area contributed by atoms with Crippen molar-refractivity contribution in [3.05, 3.63) is 90.0 Å². The first kappa shape index (κ1) is 27.8. The molecule has 38 heavy (non-hydrogen) atoms. The van der Waals surface area contributed by atoms with Crippen LogP contribution < -0.4 is 0 Å². The number of carbonyl (C=O) groups is 1. The van der Waals surface area contributed by atoms with Gasteiger partial charge >= 0.3 is 5.97 Å². The van der Waals surface area contributed by atoms with E-state index in [2.05, 4.69) is 28.6 Å². The summed E-state index contributed by atoms with van der Waals surface area (Å²) in [6, 6.07) is 19.9. The fraction of sp³-hybridized carbons (Fsp3) is 0.419. The number of benzene rings is 2. The number of aliphatic imine (C=N–C) groups is 1. The van der Waals surface area contributed by atoms with Crippen LogP contribution in [-0.2, 0) is 29.1 Å². The minimum Gasteiger partial charge on any atom is -0.460 e. The molecule has 0 saturated carbocycles. The maximum Gasteiger partial charge on any atom is 0.324 e. The number of hydrogen-bond acceptors (Lipinski definition) is 6. The number of aromatic nitrogens is 2. The Bertz CT molecular complexity index is 1210. The van der Waals surface area contributed by atoms with E-state index in [4.69, 9.17) is 9.73 Å². The fourth-order valence-corrected chi connectivity index (χ4v) is 5.99. The van der Waals surface area contributed by atoms with Crippen LogP contribution in [0.15, 0.2) is 78.0 Å². The molecule has 7 heteroatoms. The molecule has 0 spiro atoms. The topological polar surface area (TPSA) is 80.3 Å². The average molecular weight is 531 g/mol. The van der Waals surface area contributed by atoms with Crippen LogP contribution in [-0.4, -0.2) is 38.6 Å². The van der Waals surface area contributed by atoms with Gasteiger partial charge in [-0.1, -0.05) is 99.7 Å². The number of hydrogen-bond donors (Lipinski definition) is 1. The summed E-state index contributed by atoms with van der Waals surface area (Å²) in [5, 5.41) is 10.1. The second kappa shape index (κ2) is 14.1. The minimum atomic E-state index is -1.17. The molecule has 4 rings (SSSR count). The summed E-state index contributed by atoms with van der Waals surface area (Å²) in [6.07, 6.45) is 9.85. The van der Waals surface area contributed by atoms with Crippen molar-refractivity contribution in [3.8, 4) is 0 Å². The second-order valence-corrected chi connectivity index (χ2v) is 10.9. The molecule has 1 aromatic heterocycles. The summed E-state index contributed by atoms with van der Waals surface area (Å²) in [6.45, 7) is 3.72. The number of ether oxygens (including phenoxy) is 1. The smallest absolute Gasteiger partial charge is 0.324 e. The Kier molecular flexibility index (Phi) is 10.3. The van der Waals surface area contributed by atoms with Crippen molar-refractivity contribution in [3.63, 3.8) is 0 Å². The highest BCUT2D eigenvalue weighted by Crippen LogP contribution is 2.39. The zero-order chi connectivity index (χ0) is 26.6. The third-order valence-corrected chi connectivity index (χ3v) is 8.15. The Morgan fingerprint density at radius 2 is 1.74 bits per heavy atom. The van der Waals surface area contributed by atoms with Crippen LogP contribution in [0.5, 0.6) is 0 Å². The van der Waals surface area contributed by atoms with Crippen LogP contribution in [0.25, 0.3) is 0 Å². The van der Waals surface area contributed by atoms with Gasteiger partial charge in [0, 0.05) is 43.4 Å². The van der Waals surface area contributed by atoms with Crippen LogP contribution in [0.4, 0.5) is 0 Å². The first-order valence-electron chi connectivity index (χ1n) is 13.6. The van der Waals surface area contributed by atoms with E-state index < -0.39 is 5.41 Å². The van der Waals surface area contributed by atoms with Crippen molar-refractivity contribution in [2.75, 3.05) is 12.3 Å². The molecule has 2 aromatic carbocycles. The SMILES string of the molecule is CCCCCCCC(C(=N)Cc1nccn1Cc1ccccc1)(C(=O)OCc1ccccc1)C1=NCCS1. The van der Waals surface area contributed by atoms with Gasteiger partial charge in [-0.3, -0.25) is 9.79 Å². The quantitative estimate of drug-likeness (QED) is 0.134. The number of rotatable bonds is 15. The van der Waals surface area contributed by atoms with Crippen LogP contribution in [0.3, 0.4) is 0 Å². The van der Waals surface area contributed by atoms with Gasteiger partial charge in [-0.2, -0.15) is 0 Å². The van der Waals surface area contributed by atoms with E-state index in [0.717, 1.165) is 47.9 Å². The van der Waals surface area contributed by atoms with Crippen LogP contribution in [0, 0.1) is 10.8 Å². The predicted octanol–water partition coefficient (Wildman–Crippen LogP) is 6.73.